The van der Waals surface area contributed by atoms with E-state index in [2.05, 4.69) is 0 Å². The number of aryl methyl sites for hydroxylation is 1. The van der Waals surface area contributed by atoms with E-state index in [9.17, 15) is 9.59 Å². The number of carboxylic acid groups (broad SMARTS) is 1. The van der Waals surface area contributed by atoms with E-state index in [1.807, 2.05) is 6.92 Å². The van der Waals surface area contributed by atoms with Crippen molar-refractivity contribution in [1.82, 2.24) is 4.90 Å². The lowest BCUT2D eigenvalue weighted by molar-refractivity contribution is -0.142. The van der Waals surface area contributed by atoms with Crippen LogP contribution in [0.2, 0.25) is 0 Å². The van der Waals surface area contributed by atoms with Gasteiger partial charge in [0, 0.05) is 13.1 Å². The average Bonchev–Trinajstić information content (AvgIpc) is 2.83. The van der Waals surface area contributed by atoms with E-state index in [4.69, 9.17) is 9.52 Å². The standard InChI is InChI=1S/C12H15NO4/c1-7-5-13(6-10(7)12(15)16)11(14)9-3-4-17-8(9)2/h3-4,7,10H,5-6H2,1-2H3,(H,15,16). The second-order valence-electron chi connectivity index (χ2n) is 4.52. The van der Waals surface area contributed by atoms with Gasteiger partial charge in [-0.25, -0.2) is 0 Å². The molecule has 2 unspecified atom stereocenters. The van der Waals surface area contributed by atoms with Gasteiger partial charge in [-0.05, 0) is 18.9 Å². The van der Waals surface area contributed by atoms with Crippen molar-refractivity contribution in [3.63, 3.8) is 0 Å². The lowest BCUT2D eigenvalue weighted by atomic mass is 9.99. The third kappa shape index (κ3) is 2.05. The summed E-state index contributed by atoms with van der Waals surface area (Å²) in [5, 5.41) is 9.01. The number of aliphatic carboxylic acids is 1. The predicted octanol–water partition coefficient (Wildman–Crippen LogP) is 1.38. The van der Waals surface area contributed by atoms with Crippen molar-refractivity contribution in [3.8, 4) is 0 Å². The molecule has 5 heteroatoms. The Hall–Kier alpha value is -1.78. The van der Waals surface area contributed by atoms with Crippen LogP contribution in [0.5, 0.6) is 0 Å². The minimum Gasteiger partial charge on any atom is -0.481 e. The van der Waals surface area contributed by atoms with Gasteiger partial charge in [-0.3, -0.25) is 9.59 Å². The first-order valence-electron chi connectivity index (χ1n) is 5.57. The summed E-state index contributed by atoms with van der Waals surface area (Å²) >= 11 is 0. The Morgan fingerprint density at radius 3 is 2.65 bits per heavy atom. The number of hydrogen-bond donors (Lipinski definition) is 1. The largest absolute Gasteiger partial charge is 0.481 e. The van der Waals surface area contributed by atoms with Gasteiger partial charge in [0.2, 0.25) is 0 Å². The van der Waals surface area contributed by atoms with Gasteiger partial charge in [0.1, 0.15) is 5.76 Å². The molecule has 0 aliphatic carbocycles. The van der Waals surface area contributed by atoms with Crippen LogP contribution in [0.4, 0.5) is 0 Å². The van der Waals surface area contributed by atoms with Crippen LogP contribution in [-0.2, 0) is 4.79 Å². The Morgan fingerprint density at radius 1 is 1.47 bits per heavy atom. The molecule has 0 radical (unpaired) electrons. The van der Waals surface area contributed by atoms with Crippen LogP contribution in [0.15, 0.2) is 16.7 Å². The molecule has 0 spiro atoms. The fraction of sp³-hybridized carbons (Fsp3) is 0.500. The van der Waals surface area contributed by atoms with E-state index in [1.54, 1.807) is 17.9 Å². The lowest BCUT2D eigenvalue weighted by Crippen LogP contribution is -2.30. The van der Waals surface area contributed by atoms with Crippen LogP contribution in [0.1, 0.15) is 23.0 Å². The fourth-order valence-corrected chi connectivity index (χ4v) is 2.23. The third-order valence-electron chi connectivity index (χ3n) is 3.31. The number of carbonyl (C=O) groups is 2. The molecule has 1 N–H and O–H groups in total. The van der Waals surface area contributed by atoms with Crippen LogP contribution in [0, 0.1) is 18.8 Å². The van der Waals surface area contributed by atoms with Crippen LogP contribution in [0.3, 0.4) is 0 Å². The van der Waals surface area contributed by atoms with Crippen molar-refractivity contribution < 1.29 is 19.1 Å². The molecule has 1 aliphatic rings. The fourth-order valence-electron chi connectivity index (χ4n) is 2.23. The van der Waals surface area contributed by atoms with E-state index in [0.717, 1.165) is 0 Å². The van der Waals surface area contributed by atoms with Gasteiger partial charge in [-0.1, -0.05) is 6.92 Å². The van der Waals surface area contributed by atoms with Crippen LogP contribution >= 0.6 is 0 Å². The second-order valence-corrected chi connectivity index (χ2v) is 4.52. The van der Waals surface area contributed by atoms with Crippen LogP contribution in [0.25, 0.3) is 0 Å². The van der Waals surface area contributed by atoms with Crippen molar-refractivity contribution in [2.45, 2.75) is 13.8 Å². The molecule has 1 aromatic heterocycles. The smallest absolute Gasteiger partial charge is 0.308 e. The summed E-state index contributed by atoms with van der Waals surface area (Å²) in [4.78, 5) is 24.7. The van der Waals surface area contributed by atoms with Gasteiger partial charge in [0.25, 0.3) is 5.91 Å². The molecule has 1 aromatic rings. The normalized spacial score (nSPS) is 24.0. The zero-order valence-corrected chi connectivity index (χ0v) is 9.84. The van der Waals surface area contributed by atoms with Gasteiger partial charge >= 0.3 is 5.97 Å². The Morgan fingerprint density at radius 2 is 2.18 bits per heavy atom. The maximum atomic E-state index is 12.1. The van der Waals surface area contributed by atoms with Gasteiger partial charge in [-0.15, -0.1) is 0 Å². The summed E-state index contributed by atoms with van der Waals surface area (Å²) in [6.07, 6.45) is 1.47. The molecular formula is C12H15NO4. The number of carboxylic acids is 1. The highest BCUT2D eigenvalue weighted by Crippen LogP contribution is 2.25. The van der Waals surface area contributed by atoms with Gasteiger partial charge in [0.15, 0.2) is 0 Å². The number of amides is 1. The molecule has 92 valence electrons. The molecule has 0 saturated carbocycles. The topological polar surface area (TPSA) is 70.8 Å². The Labute approximate surface area is 99.0 Å². The minimum atomic E-state index is -0.836. The summed E-state index contributed by atoms with van der Waals surface area (Å²) in [5.74, 6) is -0.889. The first kappa shape index (κ1) is 11.7. The number of nitrogens with zero attached hydrogens (tertiary/aromatic N) is 1. The zero-order chi connectivity index (χ0) is 12.6. The summed E-state index contributed by atoms with van der Waals surface area (Å²) < 4.78 is 5.08. The Bertz CT molecular complexity index is 451. The Balaban J connectivity index is 2.13. The molecule has 1 aliphatic heterocycles. The van der Waals surface area contributed by atoms with E-state index in [0.29, 0.717) is 17.9 Å². The highest BCUT2D eigenvalue weighted by molar-refractivity contribution is 5.95. The number of rotatable bonds is 2. The molecular weight excluding hydrogens is 222 g/mol. The molecule has 1 saturated heterocycles. The summed E-state index contributed by atoms with van der Waals surface area (Å²) in [7, 11) is 0. The van der Waals surface area contributed by atoms with Crippen LogP contribution in [-0.4, -0.2) is 35.0 Å². The number of carbonyl (C=O) groups excluding carboxylic acids is 1. The van der Waals surface area contributed by atoms with E-state index in [1.165, 1.54) is 6.26 Å². The molecule has 0 bridgehead atoms. The second kappa shape index (κ2) is 4.24. The van der Waals surface area contributed by atoms with Crippen molar-refractivity contribution in [1.29, 1.82) is 0 Å². The summed E-state index contributed by atoms with van der Waals surface area (Å²) in [6.45, 7) is 4.34. The molecule has 5 nitrogen and oxygen atoms in total. The van der Waals surface area contributed by atoms with Crippen molar-refractivity contribution in [2.75, 3.05) is 13.1 Å². The first-order chi connectivity index (χ1) is 8.00. The van der Waals surface area contributed by atoms with Crippen molar-refractivity contribution in [3.05, 3.63) is 23.7 Å². The van der Waals surface area contributed by atoms with Gasteiger partial charge < -0.3 is 14.4 Å². The van der Waals surface area contributed by atoms with E-state index < -0.39 is 11.9 Å². The molecule has 2 atom stereocenters. The minimum absolute atomic E-state index is 0.0105. The van der Waals surface area contributed by atoms with Crippen molar-refractivity contribution >= 4 is 11.9 Å². The predicted molar refractivity (Wildman–Crippen MR) is 59.6 cm³/mol. The monoisotopic (exact) mass is 237 g/mol. The summed E-state index contributed by atoms with van der Waals surface area (Å²) in [5.41, 5.74) is 0.517. The SMILES string of the molecule is Cc1occc1C(=O)N1CC(C)C(C(=O)O)C1. The summed E-state index contributed by atoms with van der Waals surface area (Å²) in [6, 6.07) is 1.62. The number of likely N-dealkylation sites (tertiary alicyclic amines) is 1. The highest BCUT2D eigenvalue weighted by atomic mass is 16.4. The van der Waals surface area contributed by atoms with Crippen LogP contribution < -0.4 is 0 Å². The number of furan rings is 1. The molecule has 1 fully saturated rings. The van der Waals surface area contributed by atoms with Gasteiger partial charge in [-0.2, -0.15) is 0 Å². The highest BCUT2D eigenvalue weighted by Gasteiger charge is 2.37. The van der Waals surface area contributed by atoms with Crippen molar-refractivity contribution in [2.24, 2.45) is 11.8 Å². The molecule has 17 heavy (non-hydrogen) atoms. The maximum absolute atomic E-state index is 12.1. The maximum Gasteiger partial charge on any atom is 0.308 e. The lowest BCUT2D eigenvalue weighted by Gasteiger charge is -2.15. The third-order valence-corrected chi connectivity index (χ3v) is 3.31. The molecule has 0 aromatic carbocycles. The molecule has 2 heterocycles. The molecule has 2 rings (SSSR count). The van der Waals surface area contributed by atoms with E-state index >= 15 is 0 Å². The van der Waals surface area contributed by atoms with Gasteiger partial charge in [0.05, 0.1) is 17.7 Å². The quantitative estimate of drug-likeness (QED) is 0.843. The van der Waals surface area contributed by atoms with E-state index in [-0.39, 0.29) is 18.4 Å². The molecule has 1 amide bonds. The zero-order valence-electron chi connectivity index (χ0n) is 9.84. The number of hydrogen-bond acceptors (Lipinski definition) is 3. The average molecular weight is 237 g/mol. The Kier molecular flexibility index (Phi) is 2.92. The first-order valence-corrected chi connectivity index (χ1v) is 5.57.